The van der Waals surface area contributed by atoms with Crippen molar-refractivity contribution in [2.75, 3.05) is 6.61 Å². The molecule has 2 heteroatoms. The summed E-state index contributed by atoms with van der Waals surface area (Å²) in [5.74, 6) is 4.91. The van der Waals surface area contributed by atoms with Crippen molar-refractivity contribution in [3.63, 3.8) is 0 Å². The third-order valence-corrected chi connectivity index (χ3v) is 6.49. The summed E-state index contributed by atoms with van der Waals surface area (Å²) in [4.78, 5) is 5.02. The SMILES string of the molecule is C#CCO/N=C/C=C1/[C@H]2CC[C@@H]3[C@H]2C(C)(C)CCC[C@]13C. The molecule has 0 aromatic rings. The fourth-order valence-electron chi connectivity index (χ4n) is 5.74. The van der Waals surface area contributed by atoms with E-state index in [4.69, 9.17) is 11.3 Å². The second kappa shape index (κ2) is 5.20. The van der Waals surface area contributed by atoms with Crippen molar-refractivity contribution < 1.29 is 4.84 Å². The quantitative estimate of drug-likeness (QED) is 0.325. The normalized spacial score (nSPS) is 42.2. The molecule has 3 rings (SSSR count). The van der Waals surface area contributed by atoms with Gasteiger partial charge >= 0.3 is 0 Å². The van der Waals surface area contributed by atoms with Crippen LogP contribution in [0, 0.1) is 40.9 Å². The molecule has 0 unspecified atom stereocenters. The van der Waals surface area contributed by atoms with E-state index in [0.29, 0.717) is 10.8 Å². The molecule has 0 aliphatic heterocycles. The van der Waals surface area contributed by atoms with Crippen LogP contribution in [0.5, 0.6) is 0 Å². The van der Waals surface area contributed by atoms with Crippen molar-refractivity contribution in [1.29, 1.82) is 0 Å². The van der Waals surface area contributed by atoms with Crippen LogP contribution in [0.3, 0.4) is 0 Å². The first kappa shape index (κ1) is 14.7. The smallest absolute Gasteiger partial charge is 0.177 e. The van der Waals surface area contributed by atoms with Crippen molar-refractivity contribution in [3.8, 4) is 12.3 Å². The van der Waals surface area contributed by atoms with Gasteiger partial charge in [-0.15, -0.1) is 6.42 Å². The Bertz CT molecular complexity index is 510. The molecule has 0 aromatic carbocycles. The molecule has 0 heterocycles. The Morgan fingerprint density at radius 2 is 2.14 bits per heavy atom. The predicted molar refractivity (Wildman–Crippen MR) is 86.8 cm³/mol. The number of hydrogen-bond donors (Lipinski definition) is 0. The lowest BCUT2D eigenvalue weighted by atomic mass is 9.68. The molecule has 21 heavy (non-hydrogen) atoms. The fourth-order valence-corrected chi connectivity index (χ4v) is 5.74. The van der Waals surface area contributed by atoms with E-state index in [0.717, 1.165) is 17.8 Å². The maximum absolute atomic E-state index is 5.16. The average molecular weight is 285 g/mol. The highest BCUT2D eigenvalue weighted by Gasteiger charge is 2.62. The Balaban J connectivity index is 1.88. The highest BCUT2D eigenvalue weighted by Crippen LogP contribution is 2.70. The molecule has 2 nitrogen and oxygen atoms in total. The van der Waals surface area contributed by atoms with Gasteiger partial charge in [0.15, 0.2) is 6.61 Å². The average Bonchev–Trinajstić information content (AvgIpc) is 2.92. The zero-order valence-corrected chi connectivity index (χ0v) is 13.6. The van der Waals surface area contributed by atoms with Gasteiger partial charge in [0.05, 0.1) is 6.21 Å². The number of nitrogens with zero attached hydrogens (tertiary/aromatic N) is 1. The summed E-state index contributed by atoms with van der Waals surface area (Å²) in [6, 6.07) is 0. The fraction of sp³-hybridized carbons (Fsp3) is 0.737. The minimum Gasteiger partial charge on any atom is -0.383 e. The molecule has 0 radical (unpaired) electrons. The van der Waals surface area contributed by atoms with Crippen LogP contribution in [-0.4, -0.2) is 12.8 Å². The molecule has 3 fully saturated rings. The molecule has 3 saturated carbocycles. The zero-order valence-electron chi connectivity index (χ0n) is 13.6. The highest BCUT2D eigenvalue weighted by molar-refractivity contribution is 5.72. The van der Waals surface area contributed by atoms with Crippen LogP contribution in [0.15, 0.2) is 16.8 Å². The Morgan fingerprint density at radius 3 is 2.90 bits per heavy atom. The Morgan fingerprint density at radius 1 is 1.33 bits per heavy atom. The van der Waals surface area contributed by atoms with Gasteiger partial charge in [0, 0.05) is 0 Å². The molecule has 3 aliphatic rings. The van der Waals surface area contributed by atoms with Crippen LogP contribution in [0.1, 0.15) is 52.9 Å². The van der Waals surface area contributed by atoms with E-state index in [1.165, 1.54) is 32.1 Å². The number of hydrogen-bond acceptors (Lipinski definition) is 2. The van der Waals surface area contributed by atoms with E-state index in [1.54, 1.807) is 5.57 Å². The monoisotopic (exact) mass is 285 g/mol. The molecule has 114 valence electrons. The zero-order chi connectivity index (χ0) is 15.1. The molecule has 4 atom stereocenters. The van der Waals surface area contributed by atoms with Crippen LogP contribution in [0.2, 0.25) is 0 Å². The summed E-state index contributed by atoms with van der Waals surface area (Å²) in [6.45, 7) is 7.72. The summed E-state index contributed by atoms with van der Waals surface area (Å²) in [7, 11) is 0. The van der Waals surface area contributed by atoms with E-state index in [1.807, 2.05) is 6.21 Å². The lowest BCUT2D eigenvalue weighted by Gasteiger charge is -2.36. The molecule has 0 saturated heterocycles. The molecule has 0 spiro atoms. The molecule has 0 N–H and O–H groups in total. The number of terminal acetylenes is 1. The first-order valence-corrected chi connectivity index (χ1v) is 8.30. The molecule has 4 bridgehead atoms. The van der Waals surface area contributed by atoms with Gasteiger partial charge in [-0.3, -0.25) is 0 Å². The van der Waals surface area contributed by atoms with E-state index in [2.05, 4.69) is 37.9 Å². The topological polar surface area (TPSA) is 21.6 Å². The van der Waals surface area contributed by atoms with E-state index in [9.17, 15) is 0 Å². The largest absolute Gasteiger partial charge is 0.383 e. The second-order valence-corrected chi connectivity index (χ2v) is 7.93. The van der Waals surface area contributed by atoms with Crippen LogP contribution in [0.4, 0.5) is 0 Å². The van der Waals surface area contributed by atoms with Crippen LogP contribution in [0.25, 0.3) is 0 Å². The van der Waals surface area contributed by atoms with Crippen molar-refractivity contribution in [2.45, 2.75) is 52.9 Å². The summed E-state index contributed by atoms with van der Waals surface area (Å²) in [5, 5.41) is 3.97. The van der Waals surface area contributed by atoms with E-state index >= 15 is 0 Å². The van der Waals surface area contributed by atoms with Crippen LogP contribution >= 0.6 is 0 Å². The standard InChI is InChI=1S/C19H27NO/c1-5-13-21-20-12-9-15-14-7-8-16-17(14)18(2,3)10-6-11-19(15,16)4/h1,9,12,14,16-17H,6-8,10-11,13H2,2-4H3/b15-9-,20-12+/t14-,16-,17+,19-/m1/s1. The van der Waals surface area contributed by atoms with Crippen LogP contribution < -0.4 is 0 Å². The van der Waals surface area contributed by atoms with Gasteiger partial charge in [-0.05, 0) is 60.3 Å². The van der Waals surface area contributed by atoms with Gasteiger partial charge in [0.2, 0.25) is 0 Å². The van der Waals surface area contributed by atoms with E-state index < -0.39 is 0 Å². The number of oxime groups is 1. The van der Waals surface area contributed by atoms with Gasteiger partial charge in [0.1, 0.15) is 0 Å². The predicted octanol–water partition coefficient (Wildman–Crippen LogP) is 4.42. The third-order valence-electron chi connectivity index (χ3n) is 6.49. The molecular weight excluding hydrogens is 258 g/mol. The van der Waals surface area contributed by atoms with Crippen molar-refractivity contribution in [3.05, 3.63) is 11.6 Å². The molecular formula is C19H27NO. The third kappa shape index (κ3) is 2.22. The maximum Gasteiger partial charge on any atom is 0.177 e. The van der Waals surface area contributed by atoms with Crippen molar-refractivity contribution in [1.82, 2.24) is 0 Å². The van der Waals surface area contributed by atoms with Gasteiger partial charge in [-0.1, -0.05) is 43.8 Å². The lowest BCUT2D eigenvalue weighted by Crippen LogP contribution is -2.28. The summed E-state index contributed by atoms with van der Waals surface area (Å²) < 4.78 is 0. The number of rotatable bonds is 3. The second-order valence-electron chi connectivity index (χ2n) is 7.93. The van der Waals surface area contributed by atoms with Crippen molar-refractivity contribution in [2.24, 2.45) is 33.7 Å². The first-order chi connectivity index (χ1) is 10.0. The number of allylic oxidation sites excluding steroid dienone is 2. The Kier molecular flexibility index (Phi) is 3.64. The van der Waals surface area contributed by atoms with Crippen molar-refractivity contribution >= 4 is 6.21 Å². The molecule has 0 aromatic heterocycles. The van der Waals surface area contributed by atoms with Gasteiger partial charge in [0.25, 0.3) is 0 Å². The first-order valence-electron chi connectivity index (χ1n) is 8.30. The summed E-state index contributed by atoms with van der Waals surface area (Å²) in [5.41, 5.74) is 2.50. The molecule has 0 amide bonds. The van der Waals surface area contributed by atoms with E-state index in [-0.39, 0.29) is 6.61 Å². The highest BCUT2D eigenvalue weighted by atomic mass is 16.6. The summed E-state index contributed by atoms with van der Waals surface area (Å²) in [6.07, 6.45) is 16.0. The minimum absolute atomic E-state index is 0.249. The summed E-state index contributed by atoms with van der Waals surface area (Å²) >= 11 is 0. The minimum atomic E-state index is 0.249. The van der Waals surface area contributed by atoms with Gasteiger partial charge < -0.3 is 4.84 Å². The van der Waals surface area contributed by atoms with Crippen LogP contribution in [-0.2, 0) is 4.84 Å². The Hall–Kier alpha value is -1.23. The molecule has 3 aliphatic carbocycles. The van der Waals surface area contributed by atoms with Gasteiger partial charge in [-0.25, -0.2) is 0 Å². The maximum atomic E-state index is 5.16. The lowest BCUT2D eigenvalue weighted by molar-refractivity contribution is 0.141. The Labute approximate surface area is 129 Å². The van der Waals surface area contributed by atoms with Gasteiger partial charge in [-0.2, -0.15) is 0 Å².